The molecule has 0 unspecified atom stereocenters. The van der Waals surface area contributed by atoms with Gasteiger partial charge in [0.25, 0.3) is 0 Å². The highest BCUT2D eigenvalue weighted by Gasteiger charge is 1.62. The van der Waals surface area contributed by atoms with E-state index in [9.17, 15) is 0 Å². The van der Waals surface area contributed by atoms with Crippen molar-refractivity contribution in [2.45, 2.75) is 13.8 Å². The molecule has 0 aromatic heterocycles. The molecular formula is C6H21NO3. The van der Waals surface area contributed by atoms with Crippen LogP contribution >= 0.6 is 0 Å². The van der Waals surface area contributed by atoms with Crippen LogP contribution in [0.15, 0.2) is 0 Å². The zero-order valence-corrected chi connectivity index (χ0v) is 7.31. The van der Waals surface area contributed by atoms with Crippen molar-refractivity contribution in [1.82, 2.24) is 5.32 Å². The molecule has 0 fully saturated rings. The van der Waals surface area contributed by atoms with Gasteiger partial charge in [-0.1, -0.05) is 13.8 Å². The number of hydrogen-bond donors (Lipinski definition) is 3. The largest absolute Gasteiger partial charge is 0.412 e. The zero-order chi connectivity index (χ0) is 8.12. The summed E-state index contributed by atoms with van der Waals surface area (Å²) >= 11 is 0. The molecule has 0 spiro atoms. The number of aliphatic hydroxyl groups excluding tert-OH is 2. The van der Waals surface area contributed by atoms with Crippen molar-refractivity contribution in [2.24, 2.45) is 0 Å². The second-order valence-corrected chi connectivity index (χ2v) is 0.957. The number of hydrogen-bond acceptors (Lipinski definition) is 3. The maximum absolute atomic E-state index is 7.00. The summed E-state index contributed by atoms with van der Waals surface area (Å²) in [7, 11) is 2.00. The van der Waals surface area contributed by atoms with Gasteiger partial charge in [0.1, 0.15) is 0 Å². The van der Waals surface area contributed by atoms with Crippen LogP contribution in [-0.4, -0.2) is 43.0 Å². The van der Waals surface area contributed by atoms with Crippen LogP contribution in [0.25, 0.3) is 0 Å². The van der Waals surface area contributed by atoms with Gasteiger partial charge in [0, 0.05) is 14.2 Å². The SMILES string of the molecule is CCNCC.CO.CO.O. The highest BCUT2D eigenvalue weighted by molar-refractivity contribution is 4.27. The van der Waals surface area contributed by atoms with E-state index in [0.717, 1.165) is 27.3 Å². The van der Waals surface area contributed by atoms with Gasteiger partial charge in [-0.3, -0.25) is 0 Å². The monoisotopic (exact) mass is 155 g/mol. The fraction of sp³-hybridized carbons (Fsp3) is 1.00. The first kappa shape index (κ1) is 22.5. The van der Waals surface area contributed by atoms with E-state index >= 15 is 0 Å². The van der Waals surface area contributed by atoms with Gasteiger partial charge in [-0.25, -0.2) is 0 Å². The standard InChI is InChI=1S/C4H11N.2CH4O.H2O/c1-3-5-4-2;2*1-2;/h5H,3-4H2,1-2H3;2*2H,1H3;1H2. The minimum Gasteiger partial charge on any atom is -0.412 e. The van der Waals surface area contributed by atoms with Gasteiger partial charge in [-0.15, -0.1) is 0 Å². The summed E-state index contributed by atoms with van der Waals surface area (Å²) in [6, 6.07) is 0. The van der Waals surface area contributed by atoms with E-state index in [1.165, 1.54) is 0 Å². The van der Waals surface area contributed by atoms with Gasteiger partial charge in [-0.05, 0) is 13.1 Å². The van der Waals surface area contributed by atoms with E-state index in [0.29, 0.717) is 0 Å². The number of aliphatic hydroxyl groups is 2. The third-order valence-electron chi connectivity index (χ3n) is 0.500. The molecule has 5 N–H and O–H groups in total. The van der Waals surface area contributed by atoms with E-state index in [2.05, 4.69) is 19.2 Å². The first-order valence-electron chi connectivity index (χ1n) is 3.02. The Kier molecular flexibility index (Phi) is 152. The van der Waals surface area contributed by atoms with Gasteiger partial charge in [0.2, 0.25) is 0 Å². The van der Waals surface area contributed by atoms with E-state index < -0.39 is 0 Å². The minimum atomic E-state index is 0. The average Bonchev–Trinajstić information content (AvgIpc) is 1.98. The smallest absolute Gasteiger partial charge is 0.0319 e. The summed E-state index contributed by atoms with van der Waals surface area (Å²) in [5.41, 5.74) is 0. The fourth-order valence-electron chi connectivity index (χ4n) is 0.250. The molecule has 0 saturated heterocycles. The Balaban J connectivity index is -0.0000000315. The summed E-state index contributed by atoms with van der Waals surface area (Å²) in [4.78, 5) is 0. The summed E-state index contributed by atoms with van der Waals surface area (Å²) < 4.78 is 0. The van der Waals surface area contributed by atoms with Crippen LogP contribution in [0.5, 0.6) is 0 Å². The summed E-state index contributed by atoms with van der Waals surface area (Å²) in [6.07, 6.45) is 0. The lowest BCUT2D eigenvalue weighted by Gasteiger charge is -1.86. The molecular weight excluding hydrogens is 134 g/mol. The van der Waals surface area contributed by atoms with Crippen LogP contribution in [0.3, 0.4) is 0 Å². The molecule has 0 saturated carbocycles. The second kappa shape index (κ2) is 67.4. The van der Waals surface area contributed by atoms with Crippen molar-refractivity contribution in [3.05, 3.63) is 0 Å². The van der Waals surface area contributed by atoms with Crippen LogP contribution in [0, 0.1) is 0 Å². The van der Waals surface area contributed by atoms with E-state index in [-0.39, 0.29) is 5.48 Å². The van der Waals surface area contributed by atoms with Crippen molar-refractivity contribution >= 4 is 0 Å². The normalized spacial score (nSPS) is 5.40. The lowest BCUT2D eigenvalue weighted by Crippen LogP contribution is -2.09. The lowest BCUT2D eigenvalue weighted by molar-refractivity contribution is 0.399. The highest BCUT2D eigenvalue weighted by Crippen LogP contribution is 1.47. The van der Waals surface area contributed by atoms with E-state index in [1.807, 2.05) is 0 Å². The number of rotatable bonds is 2. The molecule has 4 heteroatoms. The third kappa shape index (κ3) is 108. The van der Waals surface area contributed by atoms with Gasteiger partial charge in [0.15, 0.2) is 0 Å². The summed E-state index contributed by atoms with van der Waals surface area (Å²) in [6.45, 7) is 6.39. The first-order valence-corrected chi connectivity index (χ1v) is 3.02. The van der Waals surface area contributed by atoms with Gasteiger partial charge in [0.05, 0.1) is 0 Å². The Morgan fingerprint density at radius 1 is 0.900 bits per heavy atom. The Labute approximate surface area is 63.2 Å². The molecule has 4 nitrogen and oxygen atoms in total. The van der Waals surface area contributed by atoms with Crippen molar-refractivity contribution in [2.75, 3.05) is 27.3 Å². The van der Waals surface area contributed by atoms with Crippen LogP contribution in [-0.2, 0) is 0 Å². The molecule has 0 bridgehead atoms. The highest BCUT2D eigenvalue weighted by atomic mass is 16.2. The van der Waals surface area contributed by atoms with Crippen molar-refractivity contribution in [1.29, 1.82) is 0 Å². The Hall–Kier alpha value is -0.160. The molecule has 0 aliphatic carbocycles. The fourth-order valence-corrected chi connectivity index (χ4v) is 0.250. The molecule has 0 radical (unpaired) electrons. The van der Waals surface area contributed by atoms with Gasteiger partial charge >= 0.3 is 0 Å². The van der Waals surface area contributed by atoms with Crippen LogP contribution < -0.4 is 5.32 Å². The molecule has 0 aliphatic heterocycles. The van der Waals surface area contributed by atoms with Crippen LogP contribution in [0.1, 0.15) is 13.8 Å². The minimum absolute atomic E-state index is 0. The molecule has 0 amide bonds. The molecule has 0 atom stereocenters. The van der Waals surface area contributed by atoms with Crippen molar-refractivity contribution in [3.8, 4) is 0 Å². The molecule has 0 heterocycles. The van der Waals surface area contributed by atoms with Crippen LogP contribution in [0.2, 0.25) is 0 Å². The van der Waals surface area contributed by atoms with E-state index in [4.69, 9.17) is 10.2 Å². The quantitative estimate of drug-likeness (QED) is 0.478. The lowest BCUT2D eigenvalue weighted by atomic mass is 10.7. The topological polar surface area (TPSA) is 84.0 Å². The first-order chi connectivity index (χ1) is 4.41. The zero-order valence-electron chi connectivity index (χ0n) is 7.31. The predicted molar refractivity (Wildman–Crippen MR) is 44.1 cm³/mol. The number of nitrogens with one attached hydrogen (secondary N) is 1. The van der Waals surface area contributed by atoms with Gasteiger partial charge in [-0.2, -0.15) is 0 Å². The van der Waals surface area contributed by atoms with Gasteiger partial charge < -0.3 is 21.0 Å². The maximum atomic E-state index is 7.00. The molecule has 0 rings (SSSR count). The Morgan fingerprint density at radius 2 is 1.10 bits per heavy atom. The van der Waals surface area contributed by atoms with Crippen molar-refractivity contribution in [3.63, 3.8) is 0 Å². The van der Waals surface area contributed by atoms with E-state index in [1.54, 1.807) is 0 Å². The molecule has 10 heavy (non-hydrogen) atoms. The molecule has 0 aromatic carbocycles. The maximum Gasteiger partial charge on any atom is 0.0319 e. The average molecular weight is 155 g/mol. The predicted octanol–water partition coefficient (Wildman–Crippen LogP) is -0.992. The molecule has 68 valence electrons. The Morgan fingerprint density at radius 3 is 1.10 bits per heavy atom. The second-order valence-electron chi connectivity index (χ2n) is 0.957. The summed E-state index contributed by atoms with van der Waals surface area (Å²) in [5, 5.41) is 17.1. The van der Waals surface area contributed by atoms with Crippen molar-refractivity contribution < 1.29 is 15.7 Å². The third-order valence-corrected chi connectivity index (χ3v) is 0.500. The molecule has 0 aromatic rings. The summed E-state index contributed by atoms with van der Waals surface area (Å²) in [5.74, 6) is 0. The molecule has 0 aliphatic rings. The van der Waals surface area contributed by atoms with Crippen LogP contribution in [0.4, 0.5) is 0 Å². The Bertz CT molecular complexity index is 20.5.